The smallest absolute Gasteiger partial charge is 0.387 e. The van der Waals surface area contributed by atoms with E-state index >= 15 is 0 Å². The molecule has 61 heavy (non-hydrogen) atoms. The van der Waals surface area contributed by atoms with E-state index in [0.717, 1.165) is 57.8 Å². The Morgan fingerprint density at radius 2 is 0.967 bits per heavy atom. The van der Waals surface area contributed by atoms with Gasteiger partial charge in [0.05, 0.1) is 39.9 Å². The molecule has 0 aromatic heterocycles. The zero-order chi connectivity index (χ0) is 45.0. The molecule has 0 heterocycles. The number of nitrogens with zero attached hydrogens (tertiary/aromatic N) is 1. The fourth-order valence-electron chi connectivity index (χ4n) is 6.91. The molecule has 0 aliphatic rings. The second kappa shape index (κ2) is 43.5. The monoisotopic (exact) mass is 878 g/mol. The SMILES string of the molecule is CCCC/C=C/CC/C=C/CC/C=C/C(O)C(COP(=O)(O)OCC[N+](C)(C)C)NC(=O)CCCCCCCCCCCCCCCCC/C=C\C/C=C\CCCCCCC. The molecular weight excluding hydrogens is 780 g/mol. The van der Waals surface area contributed by atoms with Gasteiger partial charge in [0.1, 0.15) is 13.2 Å². The number of phosphoric acid groups is 1. The van der Waals surface area contributed by atoms with Gasteiger partial charge in [-0.05, 0) is 70.6 Å². The van der Waals surface area contributed by atoms with Crippen LogP contribution in [0.25, 0.3) is 0 Å². The third-order valence-corrected chi connectivity index (χ3v) is 11.9. The molecule has 3 atom stereocenters. The Bertz CT molecular complexity index is 1180. The summed E-state index contributed by atoms with van der Waals surface area (Å²) in [5.41, 5.74) is 0. The number of allylic oxidation sites excluding steroid dienone is 9. The zero-order valence-electron chi connectivity index (χ0n) is 40.4. The molecule has 0 bridgehead atoms. The molecule has 0 aromatic rings. The average Bonchev–Trinajstić information content (AvgIpc) is 3.21. The van der Waals surface area contributed by atoms with Crippen molar-refractivity contribution in [3.05, 3.63) is 60.8 Å². The topological polar surface area (TPSA) is 105 Å². The van der Waals surface area contributed by atoms with Crippen LogP contribution in [0.1, 0.15) is 213 Å². The van der Waals surface area contributed by atoms with Crippen LogP contribution in [-0.2, 0) is 18.4 Å². The number of carbonyl (C=O) groups is 1. The maximum absolute atomic E-state index is 12.9. The summed E-state index contributed by atoms with van der Waals surface area (Å²) in [6, 6.07) is -0.869. The summed E-state index contributed by atoms with van der Waals surface area (Å²) in [5.74, 6) is -0.193. The number of amides is 1. The van der Waals surface area contributed by atoms with E-state index in [4.69, 9.17) is 9.05 Å². The minimum absolute atomic E-state index is 0.0520. The first-order valence-corrected chi connectivity index (χ1v) is 26.7. The molecule has 356 valence electrons. The van der Waals surface area contributed by atoms with Crippen molar-refractivity contribution in [2.75, 3.05) is 40.9 Å². The Morgan fingerprint density at radius 1 is 0.557 bits per heavy atom. The second-order valence-electron chi connectivity index (χ2n) is 18.2. The lowest BCUT2D eigenvalue weighted by atomic mass is 10.0. The van der Waals surface area contributed by atoms with Crippen LogP contribution in [0.15, 0.2) is 60.8 Å². The summed E-state index contributed by atoms with van der Waals surface area (Å²) < 4.78 is 23.6. The van der Waals surface area contributed by atoms with Crippen LogP contribution in [-0.4, -0.2) is 73.4 Å². The molecule has 0 aromatic carbocycles. The molecule has 0 aliphatic heterocycles. The van der Waals surface area contributed by atoms with Crippen LogP contribution in [0.3, 0.4) is 0 Å². The summed E-state index contributed by atoms with van der Waals surface area (Å²) in [6.45, 7) is 4.72. The van der Waals surface area contributed by atoms with Crippen LogP contribution >= 0.6 is 7.82 Å². The van der Waals surface area contributed by atoms with Crippen molar-refractivity contribution in [1.29, 1.82) is 0 Å². The van der Waals surface area contributed by atoms with Gasteiger partial charge in [-0.15, -0.1) is 0 Å². The van der Waals surface area contributed by atoms with Gasteiger partial charge in [-0.1, -0.05) is 197 Å². The van der Waals surface area contributed by atoms with Crippen LogP contribution < -0.4 is 5.32 Å². The molecular formula is C52H98N2O6P+. The van der Waals surface area contributed by atoms with Crippen molar-refractivity contribution >= 4 is 13.7 Å². The van der Waals surface area contributed by atoms with Crippen LogP contribution in [0, 0.1) is 0 Å². The number of likely N-dealkylation sites (N-methyl/N-ethyl adjacent to an activating group) is 1. The van der Waals surface area contributed by atoms with E-state index in [1.807, 2.05) is 27.2 Å². The predicted octanol–water partition coefficient (Wildman–Crippen LogP) is 14.6. The first kappa shape index (κ1) is 59.2. The third kappa shape index (κ3) is 46.0. The quantitative estimate of drug-likeness (QED) is 0.0244. The van der Waals surface area contributed by atoms with Crippen LogP contribution in [0.2, 0.25) is 0 Å². The zero-order valence-corrected chi connectivity index (χ0v) is 41.3. The second-order valence-corrected chi connectivity index (χ2v) is 19.6. The predicted molar refractivity (Wildman–Crippen MR) is 263 cm³/mol. The summed E-state index contributed by atoms with van der Waals surface area (Å²) in [6.07, 6.45) is 57.4. The van der Waals surface area contributed by atoms with Gasteiger partial charge in [0.2, 0.25) is 5.91 Å². The minimum atomic E-state index is -4.35. The van der Waals surface area contributed by atoms with Crippen molar-refractivity contribution < 1.29 is 32.9 Å². The fraction of sp³-hybridized carbons (Fsp3) is 0.788. The lowest BCUT2D eigenvalue weighted by Crippen LogP contribution is -2.45. The van der Waals surface area contributed by atoms with Gasteiger partial charge in [0.25, 0.3) is 0 Å². The average molecular weight is 878 g/mol. The summed E-state index contributed by atoms with van der Waals surface area (Å²) in [7, 11) is 1.54. The molecule has 3 unspecified atom stereocenters. The largest absolute Gasteiger partial charge is 0.472 e. The molecule has 0 aliphatic carbocycles. The van der Waals surface area contributed by atoms with E-state index in [-0.39, 0.29) is 19.1 Å². The van der Waals surface area contributed by atoms with Gasteiger partial charge in [-0.3, -0.25) is 13.8 Å². The van der Waals surface area contributed by atoms with Gasteiger partial charge in [0, 0.05) is 6.42 Å². The van der Waals surface area contributed by atoms with Crippen molar-refractivity contribution in [2.24, 2.45) is 0 Å². The Morgan fingerprint density at radius 3 is 1.46 bits per heavy atom. The molecule has 1 amide bonds. The van der Waals surface area contributed by atoms with E-state index < -0.39 is 20.0 Å². The fourth-order valence-corrected chi connectivity index (χ4v) is 7.65. The number of unbranched alkanes of at least 4 members (excludes halogenated alkanes) is 24. The van der Waals surface area contributed by atoms with E-state index in [1.54, 1.807) is 6.08 Å². The van der Waals surface area contributed by atoms with Crippen molar-refractivity contribution in [1.82, 2.24) is 5.32 Å². The van der Waals surface area contributed by atoms with Crippen molar-refractivity contribution in [2.45, 2.75) is 225 Å². The van der Waals surface area contributed by atoms with Crippen molar-refractivity contribution in [3.8, 4) is 0 Å². The number of aliphatic hydroxyl groups excluding tert-OH is 1. The number of quaternary nitrogens is 1. The molecule has 0 radical (unpaired) electrons. The Hall–Kier alpha value is -1.80. The molecule has 0 fully saturated rings. The van der Waals surface area contributed by atoms with E-state index in [1.165, 1.54) is 135 Å². The number of hydrogen-bond donors (Lipinski definition) is 3. The Balaban J connectivity index is 4.18. The molecule has 0 saturated carbocycles. The van der Waals surface area contributed by atoms with E-state index in [2.05, 4.69) is 67.8 Å². The van der Waals surface area contributed by atoms with E-state index in [0.29, 0.717) is 17.4 Å². The first-order chi connectivity index (χ1) is 29.5. The number of hydrogen-bond acceptors (Lipinski definition) is 5. The number of phosphoric ester groups is 1. The maximum atomic E-state index is 12.9. The van der Waals surface area contributed by atoms with Gasteiger partial charge < -0.3 is 19.8 Å². The van der Waals surface area contributed by atoms with Gasteiger partial charge in [-0.25, -0.2) is 4.57 Å². The number of aliphatic hydroxyl groups is 1. The summed E-state index contributed by atoms with van der Waals surface area (Å²) in [4.78, 5) is 23.2. The summed E-state index contributed by atoms with van der Waals surface area (Å²) >= 11 is 0. The van der Waals surface area contributed by atoms with Gasteiger partial charge >= 0.3 is 7.82 Å². The molecule has 3 N–H and O–H groups in total. The maximum Gasteiger partial charge on any atom is 0.472 e. The lowest BCUT2D eigenvalue weighted by Gasteiger charge is -2.25. The first-order valence-electron chi connectivity index (χ1n) is 25.2. The third-order valence-electron chi connectivity index (χ3n) is 10.9. The van der Waals surface area contributed by atoms with Crippen LogP contribution in [0.4, 0.5) is 0 Å². The lowest BCUT2D eigenvalue weighted by molar-refractivity contribution is -0.870. The molecule has 8 nitrogen and oxygen atoms in total. The summed E-state index contributed by atoms with van der Waals surface area (Å²) in [5, 5.41) is 13.8. The molecule has 0 spiro atoms. The molecule has 9 heteroatoms. The van der Waals surface area contributed by atoms with Crippen LogP contribution in [0.5, 0.6) is 0 Å². The molecule has 0 saturated heterocycles. The highest BCUT2D eigenvalue weighted by molar-refractivity contribution is 7.47. The van der Waals surface area contributed by atoms with Crippen molar-refractivity contribution in [3.63, 3.8) is 0 Å². The Labute approximate surface area is 377 Å². The highest BCUT2D eigenvalue weighted by atomic mass is 31.2. The normalized spacial score (nSPS) is 14.7. The number of nitrogens with one attached hydrogen (secondary N) is 1. The Kier molecular flexibility index (Phi) is 42.2. The highest BCUT2D eigenvalue weighted by Crippen LogP contribution is 2.43. The minimum Gasteiger partial charge on any atom is -0.387 e. The highest BCUT2D eigenvalue weighted by Gasteiger charge is 2.27. The van der Waals surface area contributed by atoms with Gasteiger partial charge in [-0.2, -0.15) is 0 Å². The number of rotatable bonds is 45. The standard InChI is InChI=1S/C52H97N2O6P/c1-6-8-10-12-14-16-18-20-21-22-23-24-25-26-27-28-29-30-31-32-33-34-36-38-40-42-44-46-52(56)53-50(49-60-61(57,58)59-48-47-54(3,4)5)51(55)45-43-41-39-37-35-19-17-15-13-11-9-7-2/h13,15,18,20,22-23,35,37,43,45,50-51,55H,6-12,14,16-17,19,21,24-34,36,38-42,44,46-49H2,1-5H3,(H-,53,56,57,58)/p+1/b15-13+,20-18-,23-22-,37-35+,45-43+. The van der Waals surface area contributed by atoms with Gasteiger partial charge in [0.15, 0.2) is 0 Å². The molecule has 0 rings (SSSR count). The number of carbonyl (C=O) groups excluding carboxylic acids is 1. The van der Waals surface area contributed by atoms with E-state index in [9.17, 15) is 19.4 Å².